The molecule has 6 nitrogen and oxygen atoms in total. The molecule has 0 aliphatic rings. The molecule has 0 saturated heterocycles. The summed E-state index contributed by atoms with van der Waals surface area (Å²) in [6.07, 6.45) is 66.6. The number of hydrogen-bond donors (Lipinski definition) is 3. The molecule has 0 fully saturated rings. The molecule has 0 aromatic heterocycles. The highest BCUT2D eigenvalue weighted by Gasteiger charge is 2.18. The van der Waals surface area contributed by atoms with E-state index in [-0.39, 0.29) is 18.5 Å². The van der Waals surface area contributed by atoms with Crippen molar-refractivity contribution in [3.05, 3.63) is 12.2 Å². The van der Waals surface area contributed by atoms with Crippen molar-refractivity contribution in [3.63, 3.8) is 0 Å². The van der Waals surface area contributed by atoms with Crippen LogP contribution in [-0.4, -0.2) is 47.4 Å². The minimum absolute atomic E-state index is 0.00802. The van der Waals surface area contributed by atoms with Crippen molar-refractivity contribution in [1.82, 2.24) is 5.32 Å². The van der Waals surface area contributed by atoms with Crippen molar-refractivity contribution >= 4 is 11.9 Å². The lowest BCUT2D eigenvalue weighted by atomic mass is 10.0. The number of rotatable bonds is 56. The molecule has 0 heterocycles. The number of hydrogen-bond acceptors (Lipinski definition) is 5. The van der Waals surface area contributed by atoms with Crippen LogP contribution in [0.3, 0.4) is 0 Å². The molecule has 3 N–H and O–H groups in total. The summed E-state index contributed by atoms with van der Waals surface area (Å²) in [6, 6.07) is -0.631. The molecule has 392 valence electrons. The largest absolute Gasteiger partial charge is 0.466 e. The average molecular weight is 933 g/mol. The highest BCUT2D eigenvalue weighted by molar-refractivity contribution is 5.76. The molecule has 0 aromatic carbocycles. The fourth-order valence-corrected chi connectivity index (χ4v) is 9.46. The Morgan fingerprint density at radius 3 is 1.03 bits per heavy atom. The molecular formula is C60H117NO5. The first kappa shape index (κ1) is 64.6. The van der Waals surface area contributed by atoms with E-state index in [9.17, 15) is 19.8 Å². The molecule has 0 aromatic rings. The van der Waals surface area contributed by atoms with Crippen molar-refractivity contribution in [3.8, 4) is 0 Å². The molecule has 0 aliphatic carbocycles. The van der Waals surface area contributed by atoms with Crippen LogP contribution in [0.2, 0.25) is 0 Å². The lowest BCUT2D eigenvalue weighted by Crippen LogP contribution is -2.45. The number of nitrogens with one attached hydrogen (secondary N) is 1. The van der Waals surface area contributed by atoms with Gasteiger partial charge in [0, 0.05) is 12.8 Å². The smallest absolute Gasteiger partial charge is 0.305 e. The Bertz CT molecular complexity index is 986. The monoisotopic (exact) mass is 932 g/mol. The summed E-state index contributed by atoms with van der Waals surface area (Å²) in [4.78, 5) is 24.5. The predicted octanol–water partition coefficient (Wildman–Crippen LogP) is 18.5. The third-order valence-corrected chi connectivity index (χ3v) is 14.1. The van der Waals surface area contributed by atoms with Gasteiger partial charge in [-0.3, -0.25) is 9.59 Å². The molecule has 0 aliphatic heterocycles. The van der Waals surface area contributed by atoms with E-state index in [4.69, 9.17) is 4.74 Å². The number of carbonyl (C=O) groups excluding carboxylic acids is 2. The van der Waals surface area contributed by atoms with Gasteiger partial charge in [0.05, 0.1) is 25.4 Å². The summed E-state index contributed by atoms with van der Waals surface area (Å²) in [5.74, 6) is -0.0624. The van der Waals surface area contributed by atoms with Gasteiger partial charge in [-0.1, -0.05) is 302 Å². The Kier molecular flexibility index (Phi) is 55.0. The number of aliphatic hydroxyl groups is 2. The summed E-state index contributed by atoms with van der Waals surface area (Å²) in [6.45, 7) is 4.92. The Morgan fingerprint density at radius 1 is 0.409 bits per heavy atom. The Balaban J connectivity index is 3.43. The summed E-state index contributed by atoms with van der Waals surface area (Å²) in [5.41, 5.74) is 0. The quantitative estimate of drug-likeness (QED) is 0.0321. The highest BCUT2D eigenvalue weighted by atomic mass is 16.5. The van der Waals surface area contributed by atoms with Gasteiger partial charge >= 0.3 is 5.97 Å². The lowest BCUT2D eigenvalue weighted by Gasteiger charge is -2.20. The topological polar surface area (TPSA) is 95.9 Å². The molecule has 0 rings (SSSR count). The number of unbranched alkanes of at least 4 members (excludes halogenated alkanes) is 45. The first-order valence-corrected chi connectivity index (χ1v) is 30.0. The summed E-state index contributed by atoms with van der Waals surface area (Å²) >= 11 is 0. The maximum Gasteiger partial charge on any atom is 0.305 e. The molecule has 0 spiro atoms. The summed E-state index contributed by atoms with van der Waals surface area (Å²) in [7, 11) is 0. The zero-order valence-electron chi connectivity index (χ0n) is 44.7. The fourth-order valence-electron chi connectivity index (χ4n) is 9.46. The number of amides is 1. The normalized spacial score (nSPS) is 12.6. The first-order valence-electron chi connectivity index (χ1n) is 30.0. The van der Waals surface area contributed by atoms with E-state index in [0.717, 1.165) is 38.5 Å². The molecule has 0 radical (unpaired) electrons. The van der Waals surface area contributed by atoms with E-state index < -0.39 is 12.1 Å². The van der Waals surface area contributed by atoms with Gasteiger partial charge in [-0.15, -0.1) is 0 Å². The predicted molar refractivity (Wildman–Crippen MR) is 287 cm³/mol. The first-order chi connectivity index (χ1) is 32.5. The van der Waals surface area contributed by atoms with Crippen LogP contribution in [0.5, 0.6) is 0 Å². The van der Waals surface area contributed by atoms with E-state index in [1.165, 1.54) is 270 Å². The maximum atomic E-state index is 12.5. The van der Waals surface area contributed by atoms with Crippen molar-refractivity contribution in [1.29, 1.82) is 0 Å². The summed E-state index contributed by atoms with van der Waals surface area (Å²) in [5, 5.41) is 23.1. The number of allylic oxidation sites excluding steroid dienone is 1. The number of ether oxygens (including phenoxy) is 1. The minimum atomic E-state index is -0.847. The zero-order valence-corrected chi connectivity index (χ0v) is 44.7. The van der Waals surface area contributed by atoms with E-state index in [1.54, 1.807) is 6.08 Å². The van der Waals surface area contributed by atoms with Gasteiger partial charge < -0.3 is 20.3 Å². The van der Waals surface area contributed by atoms with Crippen LogP contribution in [0.25, 0.3) is 0 Å². The SMILES string of the molecule is CCCCCCCCCCCCCCCCC/C=C/C(O)C(CO)NC(=O)CCCCCCCCCCCCCCCCCCCOC(=O)CCCCCCCCCCCCCCCCC. The van der Waals surface area contributed by atoms with E-state index in [0.29, 0.717) is 19.4 Å². The maximum absolute atomic E-state index is 12.5. The molecule has 0 bridgehead atoms. The molecule has 6 heteroatoms. The third-order valence-electron chi connectivity index (χ3n) is 14.1. The molecule has 2 unspecified atom stereocenters. The third kappa shape index (κ3) is 52.0. The van der Waals surface area contributed by atoms with E-state index in [2.05, 4.69) is 19.2 Å². The molecule has 1 amide bonds. The standard InChI is InChI=1S/C60H117NO5/c1-3-5-7-9-11-13-15-17-19-21-25-28-32-36-40-44-48-52-58(63)57(56-62)61-59(64)53-49-45-41-37-33-29-26-22-20-23-27-31-35-39-43-47-51-55-66-60(65)54-50-46-42-38-34-30-24-18-16-14-12-10-8-6-4-2/h48,52,57-58,62-63H,3-47,49-51,53-56H2,1-2H3,(H,61,64)/b52-48+. The van der Waals surface area contributed by atoms with Gasteiger partial charge in [0.2, 0.25) is 5.91 Å². The van der Waals surface area contributed by atoms with Crippen LogP contribution in [-0.2, 0) is 14.3 Å². The van der Waals surface area contributed by atoms with Crippen molar-refractivity contribution in [2.75, 3.05) is 13.2 Å². The number of carbonyl (C=O) groups is 2. The Hall–Kier alpha value is -1.40. The number of aliphatic hydroxyl groups excluding tert-OH is 2. The second-order valence-electron chi connectivity index (χ2n) is 20.7. The second kappa shape index (κ2) is 56.2. The number of esters is 1. The van der Waals surface area contributed by atoms with Gasteiger partial charge in [-0.25, -0.2) is 0 Å². The zero-order chi connectivity index (χ0) is 47.9. The van der Waals surface area contributed by atoms with Gasteiger partial charge in [0.25, 0.3) is 0 Å². The van der Waals surface area contributed by atoms with E-state index in [1.807, 2.05) is 6.08 Å². The second-order valence-corrected chi connectivity index (χ2v) is 20.7. The van der Waals surface area contributed by atoms with Crippen LogP contribution in [0, 0.1) is 0 Å². The molecule has 2 atom stereocenters. The fraction of sp³-hybridized carbons (Fsp3) is 0.933. The van der Waals surface area contributed by atoms with Gasteiger partial charge in [-0.05, 0) is 32.1 Å². The Labute approximate surface area is 412 Å². The van der Waals surface area contributed by atoms with Crippen LogP contribution in [0.15, 0.2) is 12.2 Å². The Morgan fingerprint density at radius 2 is 0.697 bits per heavy atom. The minimum Gasteiger partial charge on any atom is -0.466 e. The van der Waals surface area contributed by atoms with Crippen LogP contribution in [0.4, 0.5) is 0 Å². The van der Waals surface area contributed by atoms with E-state index >= 15 is 0 Å². The van der Waals surface area contributed by atoms with Gasteiger partial charge in [-0.2, -0.15) is 0 Å². The van der Waals surface area contributed by atoms with Crippen molar-refractivity contribution < 1.29 is 24.5 Å². The van der Waals surface area contributed by atoms with Crippen LogP contribution >= 0.6 is 0 Å². The highest BCUT2D eigenvalue weighted by Crippen LogP contribution is 2.18. The molecule has 66 heavy (non-hydrogen) atoms. The van der Waals surface area contributed by atoms with Gasteiger partial charge in [0.15, 0.2) is 0 Å². The molecule has 0 saturated carbocycles. The average Bonchev–Trinajstić information content (AvgIpc) is 3.32. The summed E-state index contributed by atoms with van der Waals surface area (Å²) < 4.78 is 5.48. The van der Waals surface area contributed by atoms with Crippen LogP contribution in [0.1, 0.15) is 335 Å². The van der Waals surface area contributed by atoms with Crippen LogP contribution < -0.4 is 5.32 Å². The van der Waals surface area contributed by atoms with Gasteiger partial charge in [0.1, 0.15) is 0 Å². The lowest BCUT2D eigenvalue weighted by molar-refractivity contribution is -0.143. The van der Waals surface area contributed by atoms with Crippen molar-refractivity contribution in [2.24, 2.45) is 0 Å². The molecular weight excluding hydrogens is 815 g/mol. The van der Waals surface area contributed by atoms with Crippen molar-refractivity contribution in [2.45, 2.75) is 347 Å².